The van der Waals surface area contributed by atoms with Gasteiger partial charge in [0.2, 0.25) is 5.88 Å². The summed E-state index contributed by atoms with van der Waals surface area (Å²) in [5.41, 5.74) is 0. The Bertz CT molecular complexity index is 396. The van der Waals surface area contributed by atoms with E-state index in [1.807, 2.05) is 6.07 Å². The van der Waals surface area contributed by atoms with Crippen LogP contribution in [-0.4, -0.2) is 22.6 Å². The summed E-state index contributed by atoms with van der Waals surface area (Å²) in [5.74, 6) is 2.41. The highest BCUT2D eigenvalue weighted by atomic mass is 16.5. The highest BCUT2D eigenvalue weighted by Crippen LogP contribution is 2.17. The van der Waals surface area contributed by atoms with E-state index in [1.54, 1.807) is 0 Å². The smallest absolute Gasteiger partial charge is 0.218 e. The van der Waals surface area contributed by atoms with Crippen molar-refractivity contribution in [3.63, 3.8) is 0 Å². The molecule has 1 rings (SSSR count). The van der Waals surface area contributed by atoms with Crippen molar-refractivity contribution in [2.24, 2.45) is 0 Å². The van der Waals surface area contributed by atoms with Crippen LogP contribution in [0.1, 0.15) is 72.0 Å². The SMILES string of the molecule is CCCCCCC(C)Oc1cc(NCCC)nc(CC)n1. The van der Waals surface area contributed by atoms with Crippen molar-refractivity contribution in [2.75, 3.05) is 11.9 Å². The van der Waals surface area contributed by atoms with E-state index < -0.39 is 0 Å². The third kappa shape index (κ3) is 7.30. The van der Waals surface area contributed by atoms with Gasteiger partial charge >= 0.3 is 0 Å². The molecule has 1 unspecified atom stereocenters. The lowest BCUT2D eigenvalue weighted by Crippen LogP contribution is -2.14. The van der Waals surface area contributed by atoms with Crippen LogP contribution in [0.5, 0.6) is 5.88 Å². The van der Waals surface area contributed by atoms with E-state index in [9.17, 15) is 0 Å². The first-order valence-corrected chi connectivity index (χ1v) is 8.48. The third-order valence-electron chi connectivity index (χ3n) is 3.41. The minimum atomic E-state index is 0.209. The van der Waals surface area contributed by atoms with Crippen LogP contribution in [0.25, 0.3) is 0 Å². The number of anilines is 1. The van der Waals surface area contributed by atoms with Crippen molar-refractivity contribution >= 4 is 5.82 Å². The van der Waals surface area contributed by atoms with Crippen LogP contribution in [-0.2, 0) is 6.42 Å². The number of nitrogens with zero attached hydrogens (tertiary/aromatic N) is 2. The molecule has 0 radical (unpaired) electrons. The summed E-state index contributed by atoms with van der Waals surface area (Å²) in [6, 6.07) is 1.91. The second kappa shape index (κ2) is 10.4. The fourth-order valence-electron chi connectivity index (χ4n) is 2.16. The van der Waals surface area contributed by atoms with Gasteiger partial charge in [0.25, 0.3) is 0 Å². The van der Waals surface area contributed by atoms with Gasteiger partial charge < -0.3 is 10.1 Å². The summed E-state index contributed by atoms with van der Waals surface area (Å²) < 4.78 is 5.97. The molecule has 21 heavy (non-hydrogen) atoms. The summed E-state index contributed by atoms with van der Waals surface area (Å²) in [6.07, 6.45) is 8.29. The highest BCUT2D eigenvalue weighted by Gasteiger charge is 2.08. The van der Waals surface area contributed by atoms with Gasteiger partial charge in [0, 0.05) is 19.0 Å². The van der Waals surface area contributed by atoms with Gasteiger partial charge in [0.05, 0.1) is 6.10 Å². The van der Waals surface area contributed by atoms with Crippen molar-refractivity contribution < 1.29 is 4.74 Å². The van der Waals surface area contributed by atoms with Gasteiger partial charge in [-0.15, -0.1) is 0 Å². The van der Waals surface area contributed by atoms with Crippen LogP contribution >= 0.6 is 0 Å². The molecular formula is C17H31N3O. The Morgan fingerprint density at radius 1 is 1.10 bits per heavy atom. The second-order valence-corrected chi connectivity index (χ2v) is 5.57. The van der Waals surface area contributed by atoms with Crippen LogP contribution < -0.4 is 10.1 Å². The number of hydrogen-bond acceptors (Lipinski definition) is 4. The Morgan fingerprint density at radius 2 is 1.90 bits per heavy atom. The topological polar surface area (TPSA) is 47.0 Å². The molecule has 1 heterocycles. The molecule has 0 saturated heterocycles. The summed E-state index contributed by atoms with van der Waals surface area (Å²) in [4.78, 5) is 8.95. The molecule has 120 valence electrons. The van der Waals surface area contributed by atoms with Gasteiger partial charge in [-0.25, -0.2) is 4.98 Å². The fourth-order valence-corrected chi connectivity index (χ4v) is 2.16. The van der Waals surface area contributed by atoms with E-state index >= 15 is 0 Å². The summed E-state index contributed by atoms with van der Waals surface area (Å²) in [6.45, 7) is 9.49. The Hall–Kier alpha value is -1.32. The molecule has 0 fully saturated rings. The Labute approximate surface area is 129 Å². The predicted molar refractivity (Wildman–Crippen MR) is 89.0 cm³/mol. The fraction of sp³-hybridized carbons (Fsp3) is 0.765. The Kier molecular flexibility index (Phi) is 8.79. The van der Waals surface area contributed by atoms with Crippen LogP contribution in [0.4, 0.5) is 5.82 Å². The first-order chi connectivity index (χ1) is 10.2. The van der Waals surface area contributed by atoms with Crippen LogP contribution in [0, 0.1) is 0 Å². The van der Waals surface area contributed by atoms with Gasteiger partial charge in [-0.3, -0.25) is 0 Å². The quantitative estimate of drug-likeness (QED) is 0.606. The van der Waals surface area contributed by atoms with E-state index in [0.717, 1.165) is 37.4 Å². The molecule has 1 atom stereocenters. The maximum atomic E-state index is 5.97. The van der Waals surface area contributed by atoms with Gasteiger partial charge in [0.15, 0.2) is 0 Å². The molecule has 0 aliphatic rings. The van der Waals surface area contributed by atoms with Crippen molar-refractivity contribution in [2.45, 2.75) is 78.7 Å². The number of unbranched alkanes of at least 4 members (excludes halogenated alkanes) is 3. The minimum absolute atomic E-state index is 0.209. The normalized spacial score (nSPS) is 12.2. The zero-order valence-electron chi connectivity index (χ0n) is 14.1. The number of nitrogens with one attached hydrogen (secondary N) is 1. The lowest BCUT2D eigenvalue weighted by atomic mass is 10.1. The monoisotopic (exact) mass is 293 g/mol. The molecule has 0 aliphatic carbocycles. The van der Waals surface area contributed by atoms with Gasteiger partial charge in [-0.1, -0.05) is 40.0 Å². The molecule has 0 spiro atoms. The molecule has 4 heteroatoms. The van der Waals surface area contributed by atoms with Gasteiger partial charge in [0.1, 0.15) is 11.6 Å². The number of aromatic nitrogens is 2. The van der Waals surface area contributed by atoms with E-state index in [0.29, 0.717) is 5.88 Å². The first kappa shape index (κ1) is 17.7. The molecule has 4 nitrogen and oxygen atoms in total. The van der Waals surface area contributed by atoms with Crippen LogP contribution in [0.2, 0.25) is 0 Å². The minimum Gasteiger partial charge on any atom is -0.475 e. The maximum Gasteiger partial charge on any atom is 0.218 e. The predicted octanol–water partition coefficient (Wildman–Crippen LogP) is 4.60. The lowest BCUT2D eigenvalue weighted by molar-refractivity contribution is 0.197. The second-order valence-electron chi connectivity index (χ2n) is 5.57. The van der Waals surface area contributed by atoms with Crippen LogP contribution in [0.3, 0.4) is 0 Å². The van der Waals surface area contributed by atoms with E-state index in [-0.39, 0.29) is 6.10 Å². The van der Waals surface area contributed by atoms with Crippen molar-refractivity contribution in [3.05, 3.63) is 11.9 Å². The standard InChI is InChI=1S/C17H31N3O/c1-5-8-9-10-11-14(4)21-17-13-16(18-12-6-2)19-15(7-3)20-17/h13-14H,5-12H2,1-4H3,(H,18,19,20). The molecule has 0 saturated carbocycles. The molecule has 1 aromatic rings. The van der Waals surface area contributed by atoms with Crippen molar-refractivity contribution in [3.8, 4) is 5.88 Å². The van der Waals surface area contributed by atoms with Crippen molar-refractivity contribution in [1.82, 2.24) is 9.97 Å². The summed E-state index contributed by atoms with van der Waals surface area (Å²) in [7, 11) is 0. The first-order valence-electron chi connectivity index (χ1n) is 8.48. The number of rotatable bonds is 11. The molecule has 0 bridgehead atoms. The molecule has 0 aliphatic heterocycles. The average molecular weight is 293 g/mol. The van der Waals surface area contributed by atoms with E-state index in [2.05, 4.69) is 43.0 Å². The Balaban J connectivity index is 2.55. The van der Waals surface area contributed by atoms with Crippen molar-refractivity contribution in [1.29, 1.82) is 0 Å². The van der Waals surface area contributed by atoms with E-state index in [4.69, 9.17) is 4.74 Å². The molecule has 1 aromatic heterocycles. The zero-order chi connectivity index (χ0) is 15.5. The van der Waals surface area contributed by atoms with E-state index in [1.165, 1.54) is 25.7 Å². The van der Waals surface area contributed by atoms with Gasteiger partial charge in [-0.05, 0) is 26.2 Å². The highest BCUT2D eigenvalue weighted by molar-refractivity contribution is 5.38. The molecule has 1 N–H and O–H groups in total. The molecule has 0 aromatic carbocycles. The van der Waals surface area contributed by atoms with Crippen LogP contribution in [0.15, 0.2) is 6.07 Å². The lowest BCUT2D eigenvalue weighted by Gasteiger charge is -2.15. The summed E-state index contributed by atoms with van der Waals surface area (Å²) >= 11 is 0. The largest absolute Gasteiger partial charge is 0.475 e. The molecule has 0 amide bonds. The maximum absolute atomic E-state index is 5.97. The number of aryl methyl sites for hydroxylation is 1. The Morgan fingerprint density at radius 3 is 2.57 bits per heavy atom. The van der Waals surface area contributed by atoms with Gasteiger partial charge in [-0.2, -0.15) is 4.98 Å². The average Bonchev–Trinajstić information content (AvgIpc) is 2.49. The zero-order valence-corrected chi connectivity index (χ0v) is 14.1. The number of hydrogen-bond donors (Lipinski definition) is 1. The third-order valence-corrected chi connectivity index (χ3v) is 3.41. The summed E-state index contributed by atoms with van der Waals surface area (Å²) in [5, 5.41) is 3.31. The number of ether oxygens (including phenoxy) is 1. The molecular weight excluding hydrogens is 262 g/mol.